The van der Waals surface area contributed by atoms with Crippen molar-refractivity contribution in [3.63, 3.8) is 0 Å². The molecule has 1 fully saturated rings. The smallest absolute Gasteiger partial charge is 0.268 e. The second-order valence-electron chi connectivity index (χ2n) is 6.04. The van der Waals surface area contributed by atoms with Gasteiger partial charge in [0.25, 0.3) is 5.91 Å². The SMILES string of the molecule is O=C(C(Oc1ccc(F)c(F)c1)c1ccccc1)N1CCC(O)CC1. The van der Waals surface area contributed by atoms with E-state index in [2.05, 4.69) is 0 Å². The molecular formula is C19H19F2NO3. The lowest BCUT2D eigenvalue weighted by Crippen LogP contribution is -2.43. The van der Waals surface area contributed by atoms with E-state index in [0.29, 0.717) is 31.5 Å². The van der Waals surface area contributed by atoms with Gasteiger partial charge < -0.3 is 14.7 Å². The summed E-state index contributed by atoms with van der Waals surface area (Å²) in [4.78, 5) is 14.5. The molecule has 1 saturated heterocycles. The lowest BCUT2D eigenvalue weighted by molar-refractivity contribution is -0.141. The standard InChI is InChI=1S/C19H19F2NO3/c20-16-7-6-15(12-17(16)21)25-18(13-4-2-1-3-5-13)19(24)22-10-8-14(23)9-11-22/h1-7,12,14,18,23H,8-11H2. The molecular weight excluding hydrogens is 328 g/mol. The van der Waals surface area contributed by atoms with Crippen molar-refractivity contribution in [2.45, 2.75) is 25.0 Å². The Kier molecular flexibility index (Phi) is 5.28. The highest BCUT2D eigenvalue weighted by atomic mass is 19.2. The maximum atomic E-state index is 13.5. The molecule has 0 radical (unpaired) electrons. The monoisotopic (exact) mass is 347 g/mol. The topological polar surface area (TPSA) is 49.8 Å². The molecule has 3 rings (SSSR count). The van der Waals surface area contributed by atoms with Gasteiger partial charge in [0, 0.05) is 24.7 Å². The molecule has 2 aromatic carbocycles. The highest BCUT2D eigenvalue weighted by Gasteiger charge is 2.30. The van der Waals surface area contributed by atoms with Gasteiger partial charge in [-0.3, -0.25) is 4.79 Å². The fraction of sp³-hybridized carbons (Fsp3) is 0.316. The van der Waals surface area contributed by atoms with Crippen molar-refractivity contribution >= 4 is 5.91 Å². The van der Waals surface area contributed by atoms with E-state index in [9.17, 15) is 18.7 Å². The Hall–Kier alpha value is -2.47. The fourth-order valence-electron chi connectivity index (χ4n) is 2.83. The van der Waals surface area contributed by atoms with Gasteiger partial charge in [0.05, 0.1) is 6.10 Å². The number of carbonyl (C=O) groups excluding carboxylic acids is 1. The number of ether oxygens (including phenoxy) is 1. The second kappa shape index (κ2) is 7.61. The molecule has 0 bridgehead atoms. The third-order valence-electron chi connectivity index (χ3n) is 4.25. The van der Waals surface area contributed by atoms with Gasteiger partial charge in [0.15, 0.2) is 11.6 Å². The number of nitrogens with zero attached hydrogens (tertiary/aromatic N) is 1. The predicted octanol–water partition coefficient (Wildman–Crippen LogP) is 3.07. The van der Waals surface area contributed by atoms with Crippen molar-refractivity contribution in [1.29, 1.82) is 0 Å². The third kappa shape index (κ3) is 4.14. The molecule has 2 aromatic rings. The lowest BCUT2D eigenvalue weighted by Gasteiger charge is -2.32. The van der Waals surface area contributed by atoms with Gasteiger partial charge in [-0.05, 0) is 25.0 Å². The summed E-state index contributed by atoms with van der Waals surface area (Å²) in [5.74, 6) is -2.18. The first-order valence-electron chi connectivity index (χ1n) is 8.18. The summed E-state index contributed by atoms with van der Waals surface area (Å²) in [5, 5.41) is 9.61. The Bertz CT molecular complexity index is 731. The molecule has 1 heterocycles. The van der Waals surface area contributed by atoms with Crippen LogP contribution in [-0.2, 0) is 4.79 Å². The van der Waals surface area contributed by atoms with Gasteiger partial charge in [-0.25, -0.2) is 8.78 Å². The van der Waals surface area contributed by atoms with Crippen molar-refractivity contribution in [3.05, 3.63) is 65.7 Å². The van der Waals surface area contributed by atoms with Gasteiger partial charge in [0.2, 0.25) is 6.10 Å². The van der Waals surface area contributed by atoms with Gasteiger partial charge in [-0.1, -0.05) is 30.3 Å². The van der Waals surface area contributed by atoms with Crippen molar-refractivity contribution < 1.29 is 23.4 Å². The molecule has 1 N–H and O–H groups in total. The zero-order valence-corrected chi connectivity index (χ0v) is 13.6. The number of aliphatic hydroxyl groups is 1. The van der Waals surface area contributed by atoms with Crippen LogP contribution in [0.1, 0.15) is 24.5 Å². The normalized spacial score (nSPS) is 16.5. The number of hydrogen-bond acceptors (Lipinski definition) is 3. The van der Waals surface area contributed by atoms with Crippen LogP contribution in [0.3, 0.4) is 0 Å². The number of rotatable bonds is 4. The maximum absolute atomic E-state index is 13.5. The van der Waals surface area contributed by atoms with Crippen LogP contribution < -0.4 is 4.74 Å². The molecule has 0 aliphatic carbocycles. The third-order valence-corrected chi connectivity index (χ3v) is 4.25. The molecule has 132 valence electrons. The average Bonchev–Trinajstić information content (AvgIpc) is 2.63. The minimum atomic E-state index is -1.03. The Morgan fingerprint density at radius 3 is 2.40 bits per heavy atom. The van der Waals surface area contributed by atoms with Crippen molar-refractivity contribution in [3.8, 4) is 5.75 Å². The van der Waals surface area contributed by atoms with E-state index in [1.807, 2.05) is 6.07 Å². The summed E-state index contributed by atoms with van der Waals surface area (Å²) < 4.78 is 32.3. The lowest BCUT2D eigenvalue weighted by atomic mass is 10.0. The molecule has 25 heavy (non-hydrogen) atoms. The second-order valence-corrected chi connectivity index (χ2v) is 6.04. The molecule has 4 nitrogen and oxygen atoms in total. The molecule has 1 aliphatic heterocycles. The highest BCUT2D eigenvalue weighted by molar-refractivity contribution is 5.82. The summed E-state index contributed by atoms with van der Waals surface area (Å²) in [6, 6.07) is 12.1. The van der Waals surface area contributed by atoms with Gasteiger partial charge in [0.1, 0.15) is 5.75 Å². The maximum Gasteiger partial charge on any atom is 0.268 e. The number of hydrogen-bond donors (Lipinski definition) is 1. The van der Waals surface area contributed by atoms with Gasteiger partial charge in [-0.2, -0.15) is 0 Å². The summed E-state index contributed by atoms with van der Waals surface area (Å²) in [5.41, 5.74) is 0.628. The average molecular weight is 347 g/mol. The van der Waals surface area contributed by atoms with E-state index in [1.54, 1.807) is 29.2 Å². The molecule has 1 atom stereocenters. The first-order valence-corrected chi connectivity index (χ1v) is 8.18. The Morgan fingerprint density at radius 1 is 1.08 bits per heavy atom. The molecule has 0 aromatic heterocycles. The summed E-state index contributed by atoms with van der Waals surface area (Å²) in [6.45, 7) is 0.870. The van der Waals surface area contributed by atoms with E-state index < -0.39 is 23.8 Å². The Balaban J connectivity index is 1.84. The summed E-state index contributed by atoms with van der Waals surface area (Å²) in [6.07, 6.45) is -0.329. The fourth-order valence-corrected chi connectivity index (χ4v) is 2.83. The molecule has 6 heteroatoms. The van der Waals surface area contributed by atoms with Crippen LogP contribution in [0.25, 0.3) is 0 Å². The Morgan fingerprint density at radius 2 is 1.76 bits per heavy atom. The predicted molar refractivity (Wildman–Crippen MR) is 88.0 cm³/mol. The Labute approximate surface area is 144 Å². The first kappa shape index (κ1) is 17.4. The highest BCUT2D eigenvalue weighted by Crippen LogP contribution is 2.26. The first-order chi connectivity index (χ1) is 12.0. The zero-order valence-electron chi connectivity index (χ0n) is 13.6. The van der Waals surface area contributed by atoms with Crippen LogP contribution >= 0.6 is 0 Å². The number of amides is 1. The van der Waals surface area contributed by atoms with Crippen molar-refractivity contribution in [1.82, 2.24) is 4.90 Å². The minimum absolute atomic E-state index is 0.0816. The summed E-state index contributed by atoms with van der Waals surface area (Å²) >= 11 is 0. The zero-order chi connectivity index (χ0) is 17.8. The number of likely N-dealkylation sites (tertiary alicyclic amines) is 1. The molecule has 0 saturated carbocycles. The van der Waals surface area contributed by atoms with Crippen molar-refractivity contribution in [2.24, 2.45) is 0 Å². The molecule has 1 aliphatic rings. The number of benzene rings is 2. The van der Waals surface area contributed by atoms with Crippen molar-refractivity contribution in [2.75, 3.05) is 13.1 Å². The molecule has 0 spiro atoms. The van der Waals surface area contributed by atoms with Crippen LogP contribution in [0.2, 0.25) is 0 Å². The van der Waals surface area contributed by atoms with E-state index in [4.69, 9.17) is 4.74 Å². The summed E-state index contributed by atoms with van der Waals surface area (Å²) in [7, 11) is 0. The van der Waals surface area contributed by atoms with Crippen LogP contribution in [0.5, 0.6) is 5.75 Å². The quantitative estimate of drug-likeness (QED) is 0.925. The van der Waals surface area contributed by atoms with Gasteiger partial charge in [-0.15, -0.1) is 0 Å². The van der Waals surface area contributed by atoms with E-state index in [1.165, 1.54) is 6.07 Å². The number of carbonyl (C=O) groups is 1. The molecule has 1 amide bonds. The largest absolute Gasteiger partial charge is 0.476 e. The van der Waals surface area contributed by atoms with Crippen LogP contribution in [0.15, 0.2) is 48.5 Å². The van der Waals surface area contributed by atoms with Gasteiger partial charge >= 0.3 is 0 Å². The van der Waals surface area contributed by atoms with E-state index >= 15 is 0 Å². The van der Waals surface area contributed by atoms with Crippen LogP contribution in [-0.4, -0.2) is 35.1 Å². The minimum Gasteiger partial charge on any atom is -0.476 e. The number of halogens is 2. The van der Waals surface area contributed by atoms with E-state index in [-0.39, 0.29) is 11.7 Å². The van der Waals surface area contributed by atoms with Crippen LogP contribution in [0.4, 0.5) is 8.78 Å². The number of aliphatic hydroxyl groups excluding tert-OH is 1. The van der Waals surface area contributed by atoms with E-state index in [0.717, 1.165) is 12.1 Å². The van der Waals surface area contributed by atoms with Crippen LogP contribution in [0, 0.1) is 11.6 Å². The molecule has 1 unspecified atom stereocenters. The number of piperidine rings is 1.